The van der Waals surface area contributed by atoms with Crippen molar-refractivity contribution >= 4 is 5.84 Å². The summed E-state index contributed by atoms with van der Waals surface area (Å²) in [6.45, 7) is 0.0817. The van der Waals surface area contributed by atoms with Crippen LogP contribution in [0.25, 0.3) is 0 Å². The summed E-state index contributed by atoms with van der Waals surface area (Å²) >= 11 is 0. The van der Waals surface area contributed by atoms with E-state index in [0.29, 0.717) is 5.56 Å². The number of nitrogens with zero attached hydrogens (tertiary/aromatic N) is 1. The average molecular weight is 296 g/mol. The maximum atomic E-state index is 12.9. The van der Waals surface area contributed by atoms with Gasteiger partial charge in [-0.25, -0.2) is 4.39 Å². The zero-order valence-electron chi connectivity index (χ0n) is 10.9. The molecule has 21 heavy (non-hydrogen) atoms. The summed E-state index contributed by atoms with van der Waals surface area (Å²) in [6, 6.07) is 10.5. The SMILES string of the molecule is NC(=NCc1ccc(F)cc1)c1ccccc1C(F)(F)F. The lowest BCUT2D eigenvalue weighted by Crippen LogP contribution is -2.20. The molecule has 0 amide bonds. The van der Waals surface area contributed by atoms with Crippen LogP contribution in [0.2, 0.25) is 0 Å². The van der Waals surface area contributed by atoms with Gasteiger partial charge in [0.15, 0.2) is 0 Å². The molecule has 6 heteroatoms. The third-order valence-corrected chi connectivity index (χ3v) is 2.85. The molecule has 0 atom stereocenters. The maximum Gasteiger partial charge on any atom is 0.417 e. The lowest BCUT2D eigenvalue weighted by Gasteiger charge is -2.12. The highest BCUT2D eigenvalue weighted by molar-refractivity contribution is 5.99. The van der Waals surface area contributed by atoms with Crippen molar-refractivity contribution in [2.24, 2.45) is 10.7 Å². The van der Waals surface area contributed by atoms with Crippen molar-refractivity contribution in [3.63, 3.8) is 0 Å². The summed E-state index contributed by atoms with van der Waals surface area (Å²) in [5, 5.41) is 0. The molecular formula is C15H12F4N2. The van der Waals surface area contributed by atoms with Crippen molar-refractivity contribution in [1.29, 1.82) is 0 Å². The largest absolute Gasteiger partial charge is 0.417 e. The molecule has 2 nitrogen and oxygen atoms in total. The van der Waals surface area contributed by atoms with Crippen molar-refractivity contribution in [2.45, 2.75) is 12.7 Å². The predicted molar refractivity (Wildman–Crippen MR) is 72.3 cm³/mol. The molecule has 0 radical (unpaired) electrons. The molecule has 0 aromatic heterocycles. The number of rotatable bonds is 3. The van der Waals surface area contributed by atoms with E-state index in [9.17, 15) is 17.6 Å². The lowest BCUT2D eigenvalue weighted by atomic mass is 10.1. The molecule has 0 fully saturated rings. The van der Waals surface area contributed by atoms with E-state index < -0.39 is 17.6 Å². The van der Waals surface area contributed by atoms with E-state index in [1.807, 2.05) is 0 Å². The van der Waals surface area contributed by atoms with E-state index >= 15 is 0 Å². The minimum Gasteiger partial charge on any atom is -0.383 e. The second-order valence-corrected chi connectivity index (χ2v) is 4.37. The Hall–Kier alpha value is -2.37. The van der Waals surface area contributed by atoms with Crippen LogP contribution in [0, 0.1) is 5.82 Å². The second-order valence-electron chi connectivity index (χ2n) is 4.37. The van der Waals surface area contributed by atoms with Gasteiger partial charge < -0.3 is 5.73 Å². The quantitative estimate of drug-likeness (QED) is 0.523. The number of amidine groups is 1. The number of hydrogen-bond donors (Lipinski definition) is 1. The van der Waals surface area contributed by atoms with E-state index in [1.54, 1.807) is 0 Å². The van der Waals surface area contributed by atoms with Gasteiger partial charge in [-0.15, -0.1) is 0 Å². The summed E-state index contributed by atoms with van der Waals surface area (Å²) in [5.41, 5.74) is 5.31. The van der Waals surface area contributed by atoms with Crippen LogP contribution in [0.4, 0.5) is 17.6 Å². The van der Waals surface area contributed by atoms with Gasteiger partial charge in [-0.05, 0) is 23.8 Å². The number of nitrogens with two attached hydrogens (primary N) is 1. The molecule has 0 aliphatic carbocycles. The number of hydrogen-bond acceptors (Lipinski definition) is 1. The fourth-order valence-electron chi connectivity index (χ4n) is 1.81. The Morgan fingerprint density at radius 2 is 1.62 bits per heavy atom. The molecule has 2 aromatic carbocycles. The first kappa shape index (κ1) is 15.0. The highest BCUT2D eigenvalue weighted by Gasteiger charge is 2.33. The van der Waals surface area contributed by atoms with Crippen LogP contribution in [-0.2, 0) is 12.7 Å². The van der Waals surface area contributed by atoms with Crippen molar-refractivity contribution in [3.05, 3.63) is 71.0 Å². The van der Waals surface area contributed by atoms with Gasteiger partial charge >= 0.3 is 6.18 Å². The molecule has 0 aliphatic rings. The first-order valence-corrected chi connectivity index (χ1v) is 6.09. The van der Waals surface area contributed by atoms with E-state index in [2.05, 4.69) is 4.99 Å². The van der Waals surface area contributed by atoms with Gasteiger partial charge in [-0.2, -0.15) is 13.2 Å². The van der Waals surface area contributed by atoms with Gasteiger partial charge in [0.1, 0.15) is 11.7 Å². The van der Waals surface area contributed by atoms with E-state index in [-0.39, 0.29) is 17.9 Å². The third-order valence-electron chi connectivity index (χ3n) is 2.85. The maximum absolute atomic E-state index is 12.9. The molecule has 2 N–H and O–H groups in total. The van der Waals surface area contributed by atoms with Crippen LogP contribution in [0.5, 0.6) is 0 Å². The Morgan fingerprint density at radius 3 is 2.24 bits per heavy atom. The minimum atomic E-state index is -4.49. The van der Waals surface area contributed by atoms with Gasteiger partial charge in [-0.3, -0.25) is 4.99 Å². The van der Waals surface area contributed by atoms with Crippen LogP contribution in [0.1, 0.15) is 16.7 Å². The fourth-order valence-corrected chi connectivity index (χ4v) is 1.81. The van der Waals surface area contributed by atoms with Gasteiger partial charge in [0, 0.05) is 5.56 Å². The minimum absolute atomic E-state index is 0.0817. The van der Waals surface area contributed by atoms with Crippen LogP contribution in [-0.4, -0.2) is 5.84 Å². The van der Waals surface area contributed by atoms with Crippen LogP contribution < -0.4 is 5.73 Å². The second kappa shape index (κ2) is 5.95. The molecule has 2 rings (SSSR count). The Morgan fingerprint density at radius 1 is 1.00 bits per heavy atom. The van der Waals surface area contributed by atoms with Crippen LogP contribution in [0.15, 0.2) is 53.5 Å². The molecule has 0 saturated heterocycles. The fraction of sp³-hybridized carbons (Fsp3) is 0.133. The Balaban J connectivity index is 2.25. The first-order valence-electron chi connectivity index (χ1n) is 6.09. The summed E-state index contributed by atoms with van der Waals surface area (Å²) in [5.74, 6) is -0.592. The topological polar surface area (TPSA) is 38.4 Å². The zero-order valence-corrected chi connectivity index (χ0v) is 10.9. The number of benzene rings is 2. The predicted octanol–water partition coefficient (Wildman–Crippen LogP) is 3.75. The molecule has 0 spiro atoms. The van der Waals surface area contributed by atoms with Gasteiger partial charge in [-0.1, -0.05) is 30.3 Å². The van der Waals surface area contributed by atoms with E-state index in [1.165, 1.54) is 42.5 Å². The zero-order chi connectivity index (χ0) is 15.5. The molecule has 110 valence electrons. The van der Waals surface area contributed by atoms with E-state index in [0.717, 1.165) is 6.07 Å². The van der Waals surface area contributed by atoms with Crippen molar-refractivity contribution in [2.75, 3.05) is 0 Å². The summed E-state index contributed by atoms with van der Waals surface area (Å²) in [7, 11) is 0. The molecule has 0 aliphatic heterocycles. The highest BCUT2D eigenvalue weighted by Crippen LogP contribution is 2.31. The van der Waals surface area contributed by atoms with E-state index in [4.69, 9.17) is 5.73 Å². The average Bonchev–Trinajstić information content (AvgIpc) is 2.45. The molecule has 2 aromatic rings. The molecule has 0 heterocycles. The number of alkyl halides is 3. The molecule has 0 unspecified atom stereocenters. The summed E-state index contributed by atoms with van der Waals surface area (Å²) in [6.07, 6.45) is -4.49. The van der Waals surface area contributed by atoms with Gasteiger partial charge in [0.2, 0.25) is 0 Å². The van der Waals surface area contributed by atoms with Gasteiger partial charge in [0.05, 0.1) is 12.1 Å². The molecule has 0 saturated carbocycles. The number of halogens is 4. The first-order chi connectivity index (χ1) is 9.88. The molecule has 0 bridgehead atoms. The van der Waals surface area contributed by atoms with Crippen molar-refractivity contribution in [1.82, 2.24) is 0 Å². The Labute approximate surface area is 118 Å². The number of aliphatic imine (C=N–C) groups is 1. The monoisotopic (exact) mass is 296 g/mol. The summed E-state index contributed by atoms with van der Waals surface area (Å²) < 4.78 is 51.3. The van der Waals surface area contributed by atoms with Crippen LogP contribution in [0.3, 0.4) is 0 Å². The third kappa shape index (κ3) is 3.81. The lowest BCUT2D eigenvalue weighted by molar-refractivity contribution is -0.137. The van der Waals surface area contributed by atoms with Gasteiger partial charge in [0.25, 0.3) is 0 Å². The highest BCUT2D eigenvalue weighted by atomic mass is 19.4. The Bertz CT molecular complexity index is 645. The normalized spacial score (nSPS) is 12.5. The smallest absolute Gasteiger partial charge is 0.383 e. The van der Waals surface area contributed by atoms with Crippen molar-refractivity contribution in [3.8, 4) is 0 Å². The van der Waals surface area contributed by atoms with Crippen LogP contribution >= 0.6 is 0 Å². The van der Waals surface area contributed by atoms with Crippen molar-refractivity contribution < 1.29 is 17.6 Å². The standard InChI is InChI=1S/C15H12F4N2/c16-11-7-5-10(6-8-11)9-21-14(20)12-3-1-2-4-13(12)15(17,18)19/h1-8H,9H2,(H2,20,21). The molecular weight excluding hydrogens is 284 g/mol. The summed E-state index contributed by atoms with van der Waals surface area (Å²) in [4.78, 5) is 3.94. The Kier molecular flexibility index (Phi) is 4.26.